The maximum atomic E-state index is 12.4. The van der Waals surface area contributed by atoms with Crippen LogP contribution in [0.3, 0.4) is 0 Å². The van der Waals surface area contributed by atoms with Gasteiger partial charge in [0.05, 0.1) is 20.1 Å². The molecule has 22 heavy (non-hydrogen) atoms. The molecule has 0 saturated heterocycles. The molecule has 0 amide bonds. The molecule has 0 heterocycles. The van der Waals surface area contributed by atoms with Crippen molar-refractivity contribution in [2.45, 2.75) is 46.0 Å². The van der Waals surface area contributed by atoms with E-state index in [1.54, 1.807) is 0 Å². The molecule has 0 aromatic heterocycles. The Morgan fingerprint density at radius 1 is 1.05 bits per heavy atom. The summed E-state index contributed by atoms with van der Waals surface area (Å²) >= 11 is 0. The van der Waals surface area contributed by atoms with E-state index in [1.807, 2.05) is 19.9 Å². The van der Waals surface area contributed by atoms with Crippen molar-refractivity contribution in [1.29, 1.82) is 0 Å². The SMILES string of the molecule is COC(=O)C1=C(C)C=C(C)[C@@H](C(=O)OC)[C@@H]1C1CCCCC1. The summed E-state index contributed by atoms with van der Waals surface area (Å²) in [6.07, 6.45) is 7.58. The van der Waals surface area contributed by atoms with Crippen LogP contribution in [-0.2, 0) is 19.1 Å². The first-order valence-corrected chi connectivity index (χ1v) is 8.06. The number of rotatable bonds is 3. The number of hydrogen-bond acceptors (Lipinski definition) is 4. The van der Waals surface area contributed by atoms with Gasteiger partial charge >= 0.3 is 11.9 Å². The fourth-order valence-corrected chi connectivity index (χ4v) is 4.09. The normalized spacial score (nSPS) is 26.5. The number of esters is 2. The monoisotopic (exact) mass is 306 g/mol. The van der Waals surface area contributed by atoms with Crippen molar-refractivity contribution in [2.24, 2.45) is 17.8 Å². The molecule has 4 nitrogen and oxygen atoms in total. The number of carbonyl (C=O) groups is 2. The molecule has 0 spiro atoms. The quantitative estimate of drug-likeness (QED) is 0.750. The van der Waals surface area contributed by atoms with E-state index in [4.69, 9.17) is 9.47 Å². The van der Waals surface area contributed by atoms with Crippen molar-refractivity contribution >= 4 is 11.9 Å². The van der Waals surface area contributed by atoms with Gasteiger partial charge in [-0.3, -0.25) is 4.79 Å². The van der Waals surface area contributed by atoms with Gasteiger partial charge in [0.15, 0.2) is 0 Å². The van der Waals surface area contributed by atoms with E-state index in [0.717, 1.165) is 36.8 Å². The van der Waals surface area contributed by atoms with Crippen molar-refractivity contribution in [1.82, 2.24) is 0 Å². The fourth-order valence-electron chi connectivity index (χ4n) is 4.09. The molecule has 1 fully saturated rings. The molecule has 0 radical (unpaired) electrons. The summed E-state index contributed by atoms with van der Waals surface area (Å²) in [6.45, 7) is 3.88. The Labute approximate surface area is 132 Å². The molecule has 2 rings (SSSR count). The minimum atomic E-state index is -0.370. The largest absolute Gasteiger partial charge is 0.469 e. The van der Waals surface area contributed by atoms with Crippen molar-refractivity contribution in [3.8, 4) is 0 Å². The van der Waals surface area contributed by atoms with Crippen LogP contribution in [0.1, 0.15) is 46.0 Å². The van der Waals surface area contributed by atoms with Crippen molar-refractivity contribution in [3.05, 3.63) is 22.8 Å². The van der Waals surface area contributed by atoms with Gasteiger partial charge in [-0.2, -0.15) is 0 Å². The Hall–Kier alpha value is -1.58. The van der Waals surface area contributed by atoms with Gasteiger partial charge in [-0.25, -0.2) is 4.79 Å². The van der Waals surface area contributed by atoms with Crippen LogP contribution >= 0.6 is 0 Å². The van der Waals surface area contributed by atoms with E-state index >= 15 is 0 Å². The highest BCUT2D eigenvalue weighted by atomic mass is 16.5. The van der Waals surface area contributed by atoms with Crippen LogP contribution in [-0.4, -0.2) is 26.2 Å². The first kappa shape index (κ1) is 16.8. The van der Waals surface area contributed by atoms with E-state index < -0.39 is 0 Å². The lowest BCUT2D eigenvalue weighted by atomic mass is 9.65. The summed E-state index contributed by atoms with van der Waals surface area (Å²) in [6, 6.07) is 0. The van der Waals surface area contributed by atoms with E-state index in [1.165, 1.54) is 20.6 Å². The lowest BCUT2D eigenvalue weighted by Gasteiger charge is -2.38. The number of ether oxygens (including phenoxy) is 2. The van der Waals surface area contributed by atoms with Gasteiger partial charge in [-0.05, 0) is 38.2 Å². The van der Waals surface area contributed by atoms with Gasteiger partial charge in [0.2, 0.25) is 0 Å². The van der Waals surface area contributed by atoms with Gasteiger partial charge in [0.1, 0.15) is 0 Å². The molecule has 0 bridgehead atoms. The van der Waals surface area contributed by atoms with Crippen LogP contribution in [0.2, 0.25) is 0 Å². The Morgan fingerprint density at radius 3 is 2.23 bits per heavy atom. The zero-order valence-corrected chi connectivity index (χ0v) is 14.0. The van der Waals surface area contributed by atoms with Crippen LogP contribution in [0.5, 0.6) is 0 Å². The average molecular weight is 306 g/mol. The molecule has 0 aliphatic heterocycles. The van der Waals surface area contributed by atoms with Crippen LogP contribution < -0.4 is 0 Å². The molecule has 4 heteroatoms. The molecule has 2 atom stereocenters. The first-order chi connectivity index (χ1) is 10.5. The molecule has 2 aliphatic rings. The topological polar surface area (TPSA) is 52.6 Å². The first-order valence-electron chi connectivity index (χ1n) is 8.06. The summed E-state index contributed by atoms with van der Waals surface area (Å²) < 4.78 is 10.0. The lowest BCUT2D eigenvalue weighted by Crippen LogP contribution is -2.38. The zero-order chi connectivity index (χ0) is 16.3. The van der Waals surface area contributed by atoms with E-state index in [0.29, 0.717) is 11.5 Å². The minimum Gasteiger partial charge on any atom is -0.469 e. The standard InChI is InChI=1S/C18H26O4/c1-11-10-12(2)15(18(20)22-4)16(14(11)17(19)21-3)13-8-6-5-7-9-13/h10,13-14,16H,5-9H2,1-4H3/t14-,16+/m1/s1. The molecule has 0 aromatic rings. The van der Waals surface area contributed by atoms with Crippen LogP contribution in [0.25, 0.3) is 0 Å². The molecule has 1 saturated carbocycles. The minimum absolute atomic E-state index is 0.120. The van der Waals surface area contributed by atoms with Gasteiger partial charge in [0, 0.05) is 11.5 Å². The third-order valence-electron chi connectivity index (χ3n) is 5.07. The van der Waals surface area contributed by atoms with Gasteiger partial charge in [-0.1, -0.05) is 30.9 Å². The number of methoxy groups -OCH3 is 2. The summed E-state index contributed by atoms with van der Waals surface area (Å²) in [5.41, 5.74) is 2.56. The highest BCUT2D eigenvalue weighted by Gasteiger charge is 2.43. The Morgan fingerprint density at radius 2 is 1.68 bits per heavy atom. The molecular formula is C18H26O4. The summed E-state index contributed by atoms with van der Waals surface area (Å²) in [7, 11) is 2.81. The second-order valence-electron chi connectivity index (χ2n) is 6.40. The third kappa shape index (κ3) is 3.11. The molecule has 0 aromatic carbocycles. The number of hydrogen-bond donors (Lipinski definition) is 0. The Balaban J connectivity index is 2.48. The lowest BCUT2D eigenvalue weighted by molar-refractivity contribution is -0.147. The number of allylic oxidation sites excluding steroid dienone is 2. The molecule has 2 aliphatic carbocycles. The predicted molar refractivity (Wildman–Crippen MR) is 84.0 cm³/mol. The molecule has 122 valence electrons. The second-order valence-corrected chi connectivity index (χ2v) is 6.40. The van der Waals surface area contributed by atoms with Crippen molar-refractivity contribution < 1.29 is 19.1 Å². The Bertz CT molecular complexity index is 509. The molecule has 0 N–H and O–H groups in total. The highest BCUT2D eigenvalue weighted by Crippen LogP contribution is 2.45. The molecular weight excluding hydrogens is 280 g/mol. The zero-order valence-electron chi connectivity index (χ0n) is 14.0. The van der Waals surface area contributed by atoms with Crippen molar-refractivity contribution in [2.75, 3.05) is 14.2 Å². The van der Waals surface area contributed by atoms with E-state index in [9.17, 15) is 9.59 Å². The van der Waals surface area contributed by atoms with Gasteiger partial charge in [-0.15, -0.1) is 0 Å². The molecule has 0 unspecified atom stereocenters. The number of carbonyl (C=O) groups excluding carboxylic acids is 2. The fraction of sp³-hybridized carbons (Fsp3) is 0.667. The third-order valence-corrected chi connectivity index (χ3v) is 5.07. The van der Waals surface area contributed by atoms with Gasteiger partial charge in [0.25, 0.3) is 0 Å². The summed E-state index contributed by atoms with van der Waals surface area (Å²) in [5.74, 6) is -0.717. The van der Waals surface area contributed by atoms with Crippen LogP contribution in [0.4, 0.5) is 0 Å². The maximum Gasteiger partial charge on any atom is 0.334 e. The van der Waals surface area contributed by atoms with Crippen LogP contribution in [0, 0.1) is 17.8 Å². The van der Waals surface area contributed by atoms with Crippen LogP contribution in [0.15, 0.2) is 22.8 Å². The van der Waals surface area contributed by atoms with Gasteiger partial charge < -0.3 is 9.47 Å². The highest BCUT2D eigenvalue weighted by molar-refractivity contribution is 5.93. The van der Waals surface area contributed by atoms with E-state index in [2.05, 4.69) is 0 Å². The van der Waals surface area contributed by atoms with Crippen molar-refractivity contribution in [3.63, 3.8) is 0 Å². The van der Waals surface area contributed by atoms with E-state index in [-0.39, 0.29) is 23.8 Å². The summed E-state index contributed by atoms with van der Waals surface area (Å²) in [4.78, 5) is 24.7. The maximum absolute atomic E-state index is 12.4. The summed E-state index contributed by atoms with van der Waals surface area (Å²) in [5, 5.41) is 0. The smallest absolute Gasteiger partial charge is 0.334 e. The Kier molecular flexibility index (Phi) is 5.43. The predicted octanol–water partition coefficient (Wildman–Crippen LogP) is 3.42. The average Bonchev–Trinajstić information content (AvgIpc) is 2.53. The second kappa shape index (κ2) is 7.12.